The maximum absolute atomic E-state index is 10.1. The number of anilines is 1. The van der Waals surface area contributed by atoms with Crippen LogP contribution < -0.4 is 4.90 Å². The van der Waals surface area contributed by atoms with Gasteiger partial charge < -0.3 is 10.0 Å². The zero-order chi connectivity index (χ0) is 17.1. The molecule has 1 aliphatic rings. The monoisotopic (exact) mass is 451 g/mol. The maximum atomic E-state index is 10.1. The molecule has 1 aliphatic heterocycles. The van der Waals surface area contributed by atoms with Crippen molar-refractivity contribution < 1.29 is 5.11 Å². The van der Waals surface area contributed by atoms with Crippen molar-refractivity contribution in [1.29, 1.82) is 0 Å². The Balaban J connectivity index is 1.62. The van der Waals surface area contributed by atoms with Crippen molar-refractivity contribution in [2.75, 3.05) is 31.1 Å². The van der Waals surface area contributed by atoms with Gasteiger partial charge in [-0.05, 0) is 47.1 Å². The topological polar surface area (TPSA) is 39.1 Å². The predicted molar refractivity (Wildman–Crippen MR) is 106 cm³/mol. The van der Waals surface area contributed by atoms with Crippen molar-refractivity contribution in [3.63, 3.8) is 0 Å². The number of phenols is 1. The molecule has 1 fully saturated rings. The number of aryl methyl sites for hydroxylation is 1. The Morgan fingerprint density at radius 2 is 1.71 bits per heavy atom. The Hall–Kier alpha value is -1.53. The number of hydrazone groups is 1. The molecule has 0 atom stereocenters. The molecule has 0 bridgehead atoms. The molecule has 0 amide bonds. The van der Waals surface area contributed by atoms with Gasteiger partial charge in [-0.15, -0.1) is 0 Å². The fourth-order valence-electron chi connectivity index (χ4n) is 2.65. The first kappa shape index (κ1) is 17.3. The number of aromatic hydroxyl groups is 1. The van der Waals surface area contributed by atoms with Gasteiger partial charge in [0, 0.05) is 28.8 Å². The van der Waals surface area contributed by atoms with E-state index in [1.54, 1.807) is 6.21 Å². The van der Waals surface area contributed by atoms with E-state index in [-0.39, 0.29) is 5.75 Å². The molecule has 0 aliphatic carbocycles. The van der Waals surface area contributed by atoms with Crippen LogP contribution in [0.15, 0.2) is 50.4 Å². The summed E-state index contributed by atoms with van der Waals surface area (Å²) in [7, 11) is 0. The highest BCUT2D eigenvalue weighted by Crippen LogP contribution is 2.30. The molecular formula is C18H19Br2N3O. The van der Waals surface area contributed by atoms with Crippen molar-refractivity contribution in [2.45, 2.75) is 6.92 Å². The van der Waals surface area contributed by atoms with Gasteiger partial charge in [0.25, 0.3) is 0 Å². The molecule has 0 spiro atoms. The van der Waals surface area contributed by atoms with Gasteiger partial charge in [-0.25, -0.2) is 0 Å². The lowest BCUT2D eigenvalue weighted by atomic mass is 10.2. The summed E-state index contributed by atoms with van der Waals surface area (Å²) in [4.78, 5) is 2.37. The lowest BCUT2D eigenvalue weighted by Crippen LogP contribution is -2.44. The van der Waals surface area contributed by atoms with Gasteiger partial charge in [-0.2, -0.15) is 5.10 Å². The van der Waals surface area contributed by atoms with Gasteiger partial charge in [0.2, 0.25) is 0 Å². The minimum Gasteiger partial charge on any atom is -0.506 e. The Labute approximate surface area is 159 Å². The van der Waals surface area contributed by atoms with Gasteiger partial charge >= 0.3 is 0 Å². The van der Waals surface area contributed by atoms with Crippen molar-refractivity contribution in [3.05, 3.63) is 56.5 Å². The van der Waals surface area contributed by atoms with Crippen molar-refractivity contribution in [3.8, 4) is 5.75 Å². The molecule has 0 radical (unpaired) electrons. The van der Waals surface area contributed by atoms with Crippen molar-refractivity contribution >= 4 is 43.8 Å². The minimum absolute atomic E-state index is 0.209. The lowest BCUT2D eigenvalue weighted by molar-refractivity contribution is 0.272. The summed E-state index contributed by atoms with van der Waals surface area (Å²) in [6, 6.07) is 12.3. The van der Waals surface area contributed by atoms with E-state index in [2.05, 4.69) is 73.1 Å². The van der Waals surface area contributed by atoms with E-state index < -0.39 is 0 Å². The smallest absolute Gasteiger partial charge is 0.138 e. The fraction of sp³-hybridized carbons (Fsp3) is 0.278. The van der Waals surface area contributed by atoms with Gasteiger partial charge in [0.05, 0.1) is 23.8 Å². The first-order valence-electron chi connectivity index (χ1n) is 7.81. The summed E-state index contributed by atoms with van der Waals surface area (Å²) in [6.45, 7) is 5.70. The highest BCUT2D eigenvalue weighted by Gasteiger charge is 2.15. The van der Waals surface area contributed by atoms with Crippen LogP contribution in [0.5, 0.6) is 5.75 Å². The van der Waals surface area contributed by atoms with Crippen LogP contribution in [0.3, 0.4) is 0 Å². The van der Waals surface area contributed by atoms with Crippen LogP contribution in [-0.4, -0.2) is 42.5 Å². The van der Waals surface area contributed by atoms with Gasteiger partial charge in [-0.3, -0.25) is 5.01 Å². The van der Waals surface area contributed by atoms with Crippen LogP contribution in [0.25, 0.3) is 0 Å². The molecule has 6 heteroatoms. The third kappa shape index (κ3) is 4.11. The molecule has 4 nitrogen and oxygen atoms in total. The highest BCUT2D eigenvalue weighted by atomic mass is 79.9. The zero-order valence-corrected chi connectivity index (χ0v) is 16.6. The maximum Gasteiger partial charge on any atom is 0.138 e. The molecule has 126 valence electrons. The highest BCUT2D eigenvalue weighted by molar-refractivity contribution is 9.11. The number of hydrogen-bond donors (Lipinski definition) is 1. The number of nitrogens with zero attached hydrogens (tertiary/aromatic N) is 3. The quantitative estimate of drug-likeness (QED) is 0.702. The average molecular weight is 453 g/mol. The van der Waals surface area contributed by atoms with Crippen LogP contribution in [0.1, 0.15) is 11.1 Å². The zero-order valence-electron chi connectivity index (χ0n) is 13.4. The Kier molecular flexibility index (Phi) is 5.46. The number of halogens is 2. The van der Waals surface area contributed by atoms with E-state index in [9.17, 15) is 5.11 Å². The predicted octanol–water partition coefficient (Wildman–Crippen LogP) is 4.38. The van der Waals surface area contributed by atoms with Gasteiger partial charge in [-0.1, -0.05) is 33.6 Å². The normalized spacial score (nSPS) is 15.3. The van der Waals surface area contributed by atoms with Crippen LogP contribution in [0.4, 0.5) is 5.69 Å². The molecular weight excluding hydrogens is 434 g/mol. The van der Waals surface area contributed by atoms with E-state index in [1.807, 2.05) is 17.1 Å². The molecule has 3 rings (SSSR count). The van der Waals surface area contributed by atoms with Gasteiger partial charge in [0.1, 0.15) is 5.75 Å². The molecule has 2 aromatic rings. The summed E-state index contributed by atoms with van der Waals surface area (Å²) >= 11 is 6.77. The third-order valence-electron chi connectivity index (χ3n) is 4.07. The van der Waals surface area contributed by atoms with E-state index in [4.69, 9.17) is 0 Å². The van der Waals surface area contributed by atoms with Gasteiger partial charge in [0.15, 0.2) is 0 Å². The van der Waals surface area contributed by atoms with E-state index in [0.29, 0.717) is 10.0 Å². The summed E-state index contributed by atoms with van der Waals surface area (Å²) < 4.78 is 1.56. The number of rotatable bonds is 3. The van der Waals surface area contributed by atoms with Crippen LogP contribution in [0.2, 0.25) is 0 Å². The average Bonchev–Trinajstić information content (AvgIpc) is 2.58. The summed E-state index contributed by atoms with van der Waals surface area (Å²) in [5, 5.41) is 16.6. The summed E-state index contributed by atoms with van der Waals surface area (Å²) in [5.41, 5.74) is 3.23. The lowest BCUT2D eigenvalue weighted by Gasteiger charge is -2.34. The molecule has 1 N–H and O–H groups in total. The molecule has 2 aromatic carbocycles. The fourth-order valence-corrected chi connectivity index (χ4v) is 3.91. The number of piperazine rings is 1. The first-order valence-corrected chi connectivity index (χ1v) is 9.40. The second-order valence-electron chi connectivity index (χ2n) is 5.85. The second-order valence-corrected chi connectivity index (χ2v) is 7.62. The molecule has 0 unspecified atom stereocenters. The number of phenolic OH excluding ortho intramolecular Hbond substituents is 1. The van der Waals surface area contributed by atoms with Crippen LogP contribution >= 0.6 is 31.9 Å². The largest absolute Gasteiger partial charge is 0.506 e. The Morgan fingerprint density at radius 1 is 1.04 bits per heavy atom. The number of hydrogen-bond acceptors (Lipinski definition) is 4. The van der Waals surface area contributed by atoms with Crippen LogP contribution in [0, 0.1) is 6.92 Å². The summed E-state index contributed by atoms with van der Waals surface area (Å²) in [5.74, 6) is 0.209. The van der Waals surface area contributed by atoms with E-state index in [0.717, 1.165) is 30.7 Å². The molecule has 1 saturated heterocycles. The first-order chi connectivity index (χ1) is 11.5. The third-order valence-corrected chi connectivity index (χ3v) is 5.14. The number of benzene rings is 2. The molecule has 24 heavy (non-hydrogen) atoms. The van der Waals surface area contributed by atoms with E-state index in [1.165, 1.54) is 11.3 Å². The van der Waals surface area contributed by atoms with Crippen molar-refractivity contribution in [2.24, 2.45) is 5.10 Å². The Bertz CT molecular complexity index is 739. The van der Waals surface area contributed by atoms with Crippen molar-refractivity contribution in [1.82, 2.24) is 5.01 Å². The summed E-state index contributed by atoms with van der Waals surface area (Å²) in [6.07, 6.45) is 1.71. The molecule has 0 saturated carbocycles. The second kappa shape index (κ2) is 7.57. The SMILES string of the molecule is Cc1ccc(N2CCN(/N=C\c3cc(Br)cc(Br)c3O)CC2)cc1. The van der Waals surface area contributed by atoms with E-state index >= 15 is 0 Å². The molecule has 1 heterocycles. The van der Waals surface area contributed by atoms with Crippen LogP contribution in [-0.2, 0) is 0 Å². The Morgan fingerprint density at radius 3 is 2.38 bits per heavy atom. The standard InChI is InChI=1S/C18H19Br2N3O/c1-13-2-4-16(5-3-13)22-6-8-23(9-7-22)21-12-14-10-15(19)11-17(20)18(14)24/h2-5,10-12,24H,6-9H2,1H3/b21-12-. The minimum atomic E-state index is 0.209. The molecule has 0 aromatic heterocycles.